The van der Waals surface area contributed by atoms with Crippen molar-refractivity contribution in [3.8, 4) is 0 Å². The number of carbonyl (C=O) groups is 1. The lowest BCUT2D eigenvalue weighted by Gasteiger charge is -2.05. The molecule has 8 heteroatoms. The van der Waals surface area contributed by atoms with Crippen molar-refractivity contribution < 1.29 is 13.9 Å². The molecule has 0 saturated heterocycles. The maximum Gasteiger partial charge on any atom is 0.340 e. The van der Waals surface area contributed by atoms with Crippen LogP contribution in [0.2, 0.25) is 0 Å². The molecule has 3 aromatic rings. The highest BCUT2D eigenvalue weighted by atomic mass is 19.1. The van der Waals surface area contributed by atoms with Crippen molar-refractivity contribution in [1.82, 2.24) is 15.0 Å². The molecule has 2 heterocycles. The fourth-order valence-corrected chi connectivity index (χ4v) is 2.95. The molecule has 3 rings (SSSR count). The van der Waals surface area contributed by atoms with E-state index in [-0.39, 0.29) is 17.1 Å². The molecule has 0 amide bonds. The SMILES string of the molecule is COC(=O)c1ccc(CCCCc2c[nH]c3nc(N)[nH]c(=O)c23)cc1F. The number of nitrogens with two attached hydrogens (primary N) is 1. The van der Waals surface area contributed by atoms with Gasteiger partial charge in [-0.2, -0.15) is 4.98 Å². The summed E-state index contributed by atoms with van der Waals surface area (Å²) in [6.07, 6.45) is 4.75. The number of H-pyrrole nitrogens is 2. The fraction of sp³-hybridized carbons (Fsp3) is 0.278. The first-order valence-corrected chi connectivity index (χ1v) is 8.22. The molecule has 0 spiro atoms. The van der Waals surface area contributed by atoms with Crippen LogP contribution in [0.25, 0.3) is 11.0 Å². The van der Waals surface area contributed by atoms with Gasteiger partial charge in [0.25, 0.3) is 5.56 Å². The Morgan fingerprint density at radius 2 is 2.08 bits per heavy atom. The van der Waals surface area contributed by atoms with Crippen molar-refractivity contribution in [2.24, 2.45) is 0 Å². The molecule has 0 aliphatic rings. The van der Waals surface area contributed by atoms with Gasteiger partial charge in [-0.3, -0.25) is 9.78 Å². The van der Waals surface area contributed by atoms with Gasteiger partial charge in [0.15, 0.2) is 0 Å². The highest BCUT2D eigenvalue weighted by Crippen LogP contribution is 2.17. The van der Waals surface area contributed by atoms with Crippen molar-refractivity contribution in [3.05, 3.63) is 57.3 Å². The minimum absolute atomic E-state index is 0.0685. The fourth-order valence-electron chi connectivity index (χ4n) is 2.95. The summed E-state index contributed by atoms with van der Waals surface area (Å²) in [6, 6.07) is 4.51. The van der Waals surface area contributed by atoms with Crippen LogP contribution in [0.4, 0.5) is 10.3 Å². The van der Waals surface area contributed by atoms with Crippen LogP contribution in [-0.2, 0) is 17.6 Å². The summed E-state index contributed by atoms with van der Waals surface area (Å²) in [4.78, 5) is 32.9. The van der Waals surface area contributed by atoms with Crippen LogP contribution in [0.1, 0.15) is 34.3 Å². The highest BCUT2D eigenvalue weighted by Gasteiger charge is 2.13. The molecule has 1 aromatic carbocycles. The monoisotopic (exact) mass is 358 g/mol. The van der Waals surface area contributed by atoms with Gasteiger partial charge in [0, 0.05) is 6.20 Å². The standard InChI is InChI=1S/C18H19FN4O3/c1-26-17(25)12-7-6-10(8-13(12)19)4-2-3-5-11-9-21-15-14(11)16(24)23-18(20)22-15/h6-9H,2-5H2,1H3,(H4,20,21,22,23,24). The van der Waals surface area contributed by atoms with Gasteiger partial charge in [0.05, 0.1) is 18.1 Å². The number of aromatic amines is 2. The molecule has 0 bridgehead atoms. The molecule has 0 aliphatic heterocycles. The summed E-state index contributed by atoms with van der Waals surface area (Å²) in [5.41, 5.74) is 7.35. The number of anilines is 1. The number of benzene rings is 1. The van der Waals surface area contributed by atoms with Gasteiger partial charge in [-0.25, -0.2) is 9.18 Å². The van der Waals surface area contributed by atoms with Crippen LogP contribution >= 0.6 is 0 Å². The van der Waals surface area contributed by atoms with Gasteiger partial charge < -0.3 is 15.5 Å². The first kappa shape index (κ1) is 17.7. The quantitative estimate of drug-likeness (QED) is 0.462. The molecule has 136 valence electrons. The van der Waals surface area contributed by atoms with Gasteiger partial charge in [0.2, 0.25) is 5.95 Å². The van der Waals surface area contributed by atoms with Crippen LogP contribution in [0.15, 0.2) is 29.2 Å². The van der Waals surface area contributed by atoms with E-state index in [0.29, 0.717) is 23.9 Å². The number of hydrogen-bond acceptors (Lipinski definition) is 5. The predicted molar refractivity (Wildman–Crippen MR) is 95.5 cm³/mol. The Morgan fingerprint density at radius 3 is 2.81 bits per heavy atom. The smallest absolute Gasteiger partial charge is 0.340 e. The lowest BCUT2D eigenvalue weighted by atomic mass is 10.0. The van der Waals surface area contributed by atoms with Gasteiger partial charge in [0.1, 0.15) is 11.5 Å². The molecule has 0 radical (unpaired) electrons. The predicted octanol–water partition coefficient (Wildman–Crippen LogP) is 2.32. The summed E-state index contributed by atoms with van der Waals surface area (Å²) in [5, 5.41) is 0.521. The third-order valence-corrected chi connectivity index (χ3v) is 4.24. The van der Waals surface area contributed by atoms with Crippen LogP contribution < -0.4 is 11.3 Å². The van der Waals surface area contributed by atoms with Crippen molar-refractivity contribution in [1.29, 1.82) is 0 Å². The second kappa shape index (κ2) is 7.38. The van der Waals surface area contributed by atoms with Crippen molar-refractivity contribution in [3.63, 3.8) is 0 Å². The zero-order valence-electron chi connectivity index (χ0n) is 14.3. The number of fused-ring (bicyclic) bond motifs is 1. The van der Waals surface area contributed by atoms with Gasteiger partial charge in [-0.05, 0) is 48.9 Å². The maximum atomic E-state index is 13.9. The number of unbranched alkanes of at least 4 members (excludes halogenated alkanes) is 1. The highest BCUT2D eigenvalue weighted by molar-refractivity contribution is 5.89. The summed E-state index contributed by atoms with van der Waals surface area (Å²) >= 11 is 0. The largest absolute Gasteiger partial charge is 0.465 e. The van der Waals surface area contributed by atoms with E-state index in [0.717, 1.165) is 24.0 Å². The van der Waals surface area contributed by atoms with E-state index in [2.05, 4.69) is 19.7 Å². The molecule has 26 heavy (non-hydrogen) atoms. The number of aromatic nitrogens is 3. The number of aryl methyl sites for hydroxylation is 2. The third kappa shape index (κ3) is 3.58. The van der Waals surface area contributed by atoms with E-state index in [9.17, 15) is 14.0 Å². The number of nitrogens with zero attached hydrogens (tertiary/aromatic N) is 1. The molecule has 2 aromatic heterocycles. The molecular weight excluding hydrogens is 339 g/mol. The number of halogens is 1. The Labute approximate surface area is 148 Å². The van der Waals surface area contributed by atoms with Crippen LogP contribution in [0.3, 0.4) is 0 Å². The molecule has 0 unspecified atom stereocenters. The molecule has 0 saturated carbocycles. The molecule has 7 nitrogen and oxygen atoms in total. The molecule has 0 atom stereocenters. The van der Waals surface area contributed by atoms with Crippen LogP contribution in [0, 0.1) is 5.82 Å². The second-order valence-electron chi connectivity index (χ2n) is 6.00. The summed E-state index contributed by atoms with van der Waals surface area (Å²) in [5.74, 6) is -1.19. The number of carbonyl (C=O) groups excluding carboxylic acids is 1. The average Bonchev–Trinajstić information content (AvgIpc) is 3.01. The molecule has 0 fully saturated rings. The normalized spacial score (nSPS) is 11.0. The number of rotatable bonds is 6. The van der Waals surface area contributed by atoms with Gasteiger partial charge in [-0.1, -0.05) is 6.07 Å². The minimum atomic E-state index is -0.687. The number of esters is 1. The van der Waals surface area contributed by atoms with E-state index in [1.807, 2.05) is 0 Å². The van der Waals surface area contributed by atoms with Gasteiger partial charge >= 0.3 is 5.97 Å². The number of ether oxygens (including phenoxy) is 1. The molecular formula is C18H19FN4O3. The Bertz CT molecular complexity index is 1010. The van der Waals surface area contributed by atoms with Crippen LogP contribution in [0.5, 0.6) is 0 Å². The third-order valence-electron chi connectivity index (χ3n) is 4.24. The lowest BCUT2D eigenvalue weighted by molar-refractivity contribution is 0.0595. The Kier molecular flexibility index (Phi) is 5.01. The first-order valence-electron chi connectivity index (χ1n) is 8.22. The Morgan fingerprint density at radius 1 is 1.31 bits per heavy atom. The van der Waals surface area contributed by atoms with Crippen LogP contribution in [-0.4, -0.2) is 28.0 Å². The Hall–Kier alpha value is -3.16. The zero-order valence-corrected chi connectivity index (χ0v) is 14.3. The second-order valence-corrected chi connectivity index (χ2v) is 6.00. The molecule has 0 aliphatic carbocycles. The lowest BCUT2D eigenvalue weighted by Crippen LogP contribution is -2.11. The van der Waals surface area contributed by atoms with Crippen molar-refractivity contribution >= 4 is 23.0 Å². The number of nitrogen functional groups attached to an aromatic ring is 1. The number of methoxy groups -OCH3 is 1. The maximum absolute atomic E-state index is 13.9. The van der Waals surface area contributed by atoms with E-state index in [1.54, 1.807) is 12.3 Å². The minimum Gasteiger partial charge on any atom is -0.465 e. The first-order chi connectivity index (χ1) is 12.5. The molecule has 4 N–H and O–H groups in total. The van der Waals surface area contributed by atoms with E-state index >= 15 is 0 Å². The average molecular weight is 358 g/mol. The summed E-state index contributed by atoms with van der Waals surface area (Å²) < 4.78 is 18.4. The summed E-state index contributed by atoms with van der Waals surface area (Å²) in [6.45, 7) is 0. The number of hydrogen-bond donors (Lipinski definition) is 3. The van der Waals surface area contributed by atoms with Crippen molar-refractivity contribution in [2.45, 2.75) is 25.7 Å². The summed E-state index contributed by atoms with van der Waals surface area (Å²) in [7, 11) is 1.22. The zero-order chi connectivity index (χ0) is 18.7. The topological polar surface area (TPSA) is 114 Å². The van der Waals surface area contributed by atoms with Crippen molar-refractivity contribution in [2.75, 3.05) is 12.8 Å². The number of nitrogens with one attached hydrogen (secondary N) is 2. The van der Waals surface area contributed by atoms with Gasteiger partial charge in [-0.15, -0.1) is 0 Å². The van der Waals surface area contributed by atoms with E-state index in [4.69, 9.17) is 5.73 Å². The van der Waals surface area contributed by atoms with E-state index in [1.165, 1.54) is 19.2 Å². The van der Waals surface area contributed by atoms with E-state index < -0.39 is 11.8 Å². The Balaban J connectivity index is 1.60.